The number of furan rings is 1. The molecule has 3 aromatic rings. The minimum atomic E-state index is -0.173. The van der Waals surface area contributed by atoms with Gasteiger partial charge < -0.3 is 4.42 Å². The van der Waals surface area contributed by atoms with Crippen LogP contribution in [0.1, 0.15) is 21.5 Å². The summed E-state index contributed by atoms with van der Waals surface area (Å²) in [6, 6.07) is 9.34. The number of carbonyl (C=O) groups excluding carboxylic acids is 1. The summed E-state index contributed by atoms with van der Waals surface area (Å²) in [7, 11) is 0. The molecule has 0 saturated heterocycles. The van der Waals surface area contributed by atoms with E-state index >= 15 is 0 Å². The van der Waals surface area contributed by atoms with Gasteiger partial charge in [0.2, 0.25) is 5.13 Å². The molecule has 5 nitrogen and oxygen atoms in total. The largest absolute Gasteiger partial charge is 0.462 e. The first-order valence-corrected chi connectivity index (χ1v) is 7.22. The number of nitrogens with zero attached hydrogens (tertiary/aromatic N) is 2. The summed E-state index contributed by atoms with van der Waals surface area (Å²) in [6.45, 7) is 3.83. The predicted octanol–water partition coefficient (Wildman–Crippen LogP) is 3.67. The van der Waals surface area contributed by atoms with Gasteiger partial charge in [0.15, 0.2) is 10.8 Å². The minimum absolute atomic E-state index is 0.173. The molecule has 2 aromatic heterocycles. The molecule has 1 aromatic carbocycles. The summed E-state index contributed by atoms with van der Waals surface area (Å²) in [5.41, 5.74) is 2.54. The molecule has 0 unspecified atom stereocenters. The van der Waals surface area contributed by atoms with E-state index in [0.717, 1.165) is 11.1 Å². The molecule has 106 valence electrons. The second-order valence-electron chi connectivity index (χ2n) is 4.61. The van der Waals surface area contributed by atoms with Crippen molar-refractivity contribution >= 4 is 22.4 Å². The minimum Gasteiger partial charge on any atom is -0.462 e. The van der Waals surface area contributed by atoms with Crippen molar-refractivity contribution < 1.29 is 9.21 Å². The highest BCUT2D eigenvalue weighted by atomic mass is 32.1. The van der Waals surface area contributed by atoms with Gasteiger partial charge >= 0.3 is 0 Å². The molecule has 3 rings (SSSR count). The summed E-state index contributed by atoms with van der Waals surface area (Å²) >= 11 is 1.28. The van der Waals surface area contributed by atoms with E-state index in [-0.39, 0.29) is 5.91 Å². The van der Waals surface area contributed by atoms with Gasteiger partial charge in [0, 0.05) is 5.56 Å². The highest BCUT2D eigenvalue weighted by Crippen LogP contribution is 2.27. The van der Waals surface area contributed by atoms with Crippen LogP contribution in [-0.2, 0) is 0 Å². The average Bonchev–Trinajstić information content (AvgIpc) is 3.08. The molecule has 0 saturated carbocycles. The normalized spacial score (nSPS) is 10.6. The van der Waals surface area contributed by atoms with E-state index in [9.17, 15) is 4.79 Å². The van der Waals surface area contributed by atoms with E-state index in [1.807, 2.05) is 32.0 Å². The number of hydrogen-bond acceptors (Lipinski definition) is 5. The second kappa shape index (κ2) is 5.49. The molecule has 2 heterocycles. The maximum atomic E-state index is 12.4. The van der Waals surface area contributed by atoms with Crippen molar-refractivity contribution in [3.05, 3.63) is 53.3 Å². The number of benzene rings is 1. The van der Waals surface area contributed by atoms with Gasteiger partial charge in [-0.2, -0.15) is 0 Å². The van der Waals surface area contributed by atoms with Gasteiger partial charge in [0.1, 0.15) is 0 Å². The molecule has 1 N–H and O–H groups in total. The number of aryl methyl sites for hydroxylation is 2. The van der Waals surface area contributed by atoms with Crippen molar-refractivity contribution in [3.8, 4) is 10.8 Å². The molecule has 0 radical (unpaired) electrons. The molecule has 6 heteroatoms. The zero-order valence-electron chi connectivity index (χ0n) is 11.6. The van der Waals surface area contributed by atoms with Crippen LogP contribution in [0, 0.1) is 13.8 Å². The highest BCUT2D eigenvalue weighted by Gasteiger charge is 2.15. The molecule has 0 aliphatic carbocycles. The summed E-state index contributed by atoms with van der Waals surface area (Å²) in [5.74, 6) is 0.466. The molecule has 21 heavy (non-hydrogen) atoms. The monoisotopic (exact) mass is 299 g/mol. The number of nitrogens with one attached hydrogen (secondary N) is 1. The summed E-state index contributed by atoms with van der Waals surface area (Å²) in [4.78, 5) is 12.4. The molecule has 0 fully saturated rings. The van der Waals surface area contributed by atoms with Crippen molar-refractivity contribution in [2.45, 2.75) is 13.8 Å². The maximum absolute atomic E-state index is 12.4. The third-order valence-electron chi connectivity index (χ3n) is 3.09. The smallest absolute Gasteiger partial charge is 0.258 e. The Morgan fingerprint density at radius 2 is 1.90 bits per heavy atom. The van der Waals surface area contributed by atoms with Gasteiger partial charge in [-0.1, -0.05) is 29.5 Å². The van der Waals surface area contributed by atoms with E-state index in [1.165, 1.54) is 11.3 Å². The van der Waals surface area contributed by atoms with Gasteiger partial charge in [-0.15, -0.1) is 10.2 Å². The van der Waals surface area contributed by atoms with Gasteiger partial charge in [-0.25, -0.2) is 0 Å². The Balaban J connectivity index is 1.82. The van der Waals surface area contributed by atoms with Gasteiger partial charge in [-0.05, 0) is 37.1 Å². The lowest BCUT2D eigenvalue weighted by molar-refractivity contribution is 0.102. The average molecular weight is 299 g/mol. The zero-order valence-corrected chi connectivity index (χ0v) is 12.4. The summed E-state index contributed by atoms with van der Waals surface area (Å²) in [5, 5.41) is 11.9. The third-order valence-corrected chi connectivity index (χ3v) is 3.94. The van der Waals surface area contributed by atoms with Crippen molar-refractivity contribution in [2.75, 3.05) is 5.32 Å². The lowest BCUT2D eigenvalue weighted by Crippen LogP contribution is -2.14. The first-order valence-electron chi connectivity index (χ1n) is 6.40. The van der Waals surface area contributed by atoms with E-state index in [4.69, 9.17) is 4.42 Å². The van der Waals surface area contributed by atoms with Gasteiger partial charge in [0.05, 0.1) is 6.26 Å². The maximum Gasteiger partial charge on any atom is 0.258 e. The van der Waals surface area contributed by atoms with Crippen LogP contribution in [0.3, 0.4) is 0 Å². The molecule has 0 atom stereocenters. The van der Waals surface area contributed by atoms with Crippen LogP contribution < -0.4 is 5.32 Å². The topological polar surface area (TPSA) is 68.0 Å². The van der Waals surface area contributed by atoms with E-state index in [0.29, 0.717) is 21.5 Å². The van der Waals surface area contributed by atoms with Crippen molar-refractivity contribution in [1.29, 1.82) is 0 Å². The Bertz CT molecular complexity index is 758. The van der Waals surface area contributed by atoms with Crippen LogP contribution in [0.15, 0.2) is 41.0 Å². The Labute approximate surface area is 125 Å². The zero-order chi connectivity index (χ0) is 14.8. The van der Waals surface area contributed by atoms with Crippen molar-refractivity contribution in [2.24, 2.45) is 0 Å². The molecule has 0 aliphatic heterocycles. The van der Waals surface area contributed by atoms with Crippen LogP contribution >= 0.6 is 11.3 Å². The van der Waals surface area contributed by atoms with Crippen molar-refractivity contribution in [3.63, 3.8) is 0 Å². The number of rotatable bonds is 3. The van der Waals surface area contributed by atoms with Gasteiger partial charge in [0.25, 0.3) is 5.91 Å². The molecule has 0 aliphatic rings. The van der Waals surface area contributed by atoms with E-state index < -0.39 is 0 Å². The van der Waals surface area contributed by atoms with Crippen LogP contribution in [0.4, 0.5) is 5.13 Å². The molecule has 0 bridgehead atoms. The first kappa shape index (κ1) is 13.5. The van der Waals surface area contributed by atoms with E-state index in [1.54, 1.807) is 18.4 Å². The summed E-state index contributed by atoms with van der Waals surface area (Å²) in [6.07, 6.45) is 1.58. The van der Waals surface area contributed by atoms with Crippen LogP contribution in [0.25, 0.3) is 10.8 Å². The Hall–Kier alpha value is -2.47. The van der Waals surface area contributed by atoms with Crippen molar-refractivity contribution in [1.82, 2.24) is 10.2 Å². The molecular weight excluding hydrogens is 286 g/mol. The molecule has 1 amide bonds. The number of amides is 1. The Morgan fingerprint density at radius 1 is 1.14 bits per heavy atom. The third kappa shape index (κ3) is 2.71. The lowest BCUT2D eigenvalue weighted by atomic mass is 10.0. The van der Waals surface area contributed by atoms with Crippen LogP contribution in [0.2, 0.25) is 0 Å². The fourth-order valence-corrected chi connectivity index (χ4v) is 2.81. The Kier molecular flexibility index (Phi) is 3.53. The lowest BCUT2D eigenvalue weighted by Gasteiger charge is -2.08. The number of anilines is 1. The predicted molar refractivity (Wildman–Crippen MR) is 81.5 cm³/mol. The molecule has 0 spiro atoms. The number of aromatic nitrogens is 2. The number of carbonyl (C=O) groups is 1. The van der Waals surface area contributed by atoms with Gasteiger partial charge in [-0.3, -0.25) is 10.1 Å². The second-order valence-corrected chi connectivity index (χ2v) is 5.59. The highest BCUT2D eigenvalue weighted by molar-refractivity contribution is 7.18. The first-order chi connectivity index (χ1) is 10.1. The fourth-order valence-electron chi connectivity index (χ4n) is 2.11. The van der Waals surface area contributed by atoms with Crippen LogP contribution in [0.5, 0.6) is 0 Å². The fraction of sp³-hybridized carbons (Fsp3) is 0.133. The van der Waals surface area contributed by atoms with E-state index in [2.05, 4.69) is 15.5 Å². The number of hydrogen-bond donors (Lipinski definition) is 1. The Morgan fingerprint density at radius 3 is 2.57 bits per heavy atom. The van der Waals surface area contributed by atoms with Crippen LogP contribution in [-0.4, -0.2) is 16.1 Å². The SMILES string of the molecule is Cc1cccc(C)c1C(=O)Nc1nnc(-c2ccco2)s1. The summed E-state index contributed by atoms with van der Waals surface area (Å²) < 4.78 is 5.26. The standard InChI is InChI=1S/C15H13N3O2S/c1-9-5-3-6-10(2)12(9)13(19)16-15-18-17-14(21-15)11-7-4-8-20-11/h3-8H,1-2H3,(H,16,18,19). The molecular formula is C15H13N3O2S. The quantitative estimate of drug-likeness (QED) is 0.801.